The number of carbonyl (C=O) groups excluding carboxylic acids is 1. The van der Waals surface area contributed by atoms with Crippen LogP contribution in [-0.2, 0) is 9.53 Å². The van der Waals surface area contributed by atoms with Crippen LogP contribution in [0.1, 0.15) is 65.0 Å². The van der Waals surface area contributed by atoms with Crippen molar-refractivity contribution in [3.63, 3.8) is 0 Å². The fraction of sp³-hybridized carbons (Fsp3) is 0.542. The molecule has 30 heavy (non-hydrogen) atoms. The highest BCUT2D eigenvalue weighted by Gasteiger charge is 2.26. The third-order valence-corrected chi connectivity index (χ3v) is 5.42. The van der Waals surface area contributed by atoms with E-state index in [2.05, 4.69) is 10.2 Å². The molecule has 6 nitrogen and oxygen atoms in total. The van der Waals surface area contributed by atoms with Gasteiger partial charge in [0.1, 0.15) is 6.10 Å². The van der Waals surface area contributed by atoms with Crippen LogP contribution in [-0.4, -0.2) is 44.2 Å². The van der Waals surface area contributed by atoms with Gasteiger partial charge in [-0.15, -0.1) is 0 Å². The Kier molecular flexibility index (Phi) is 8.93. The van der Waals surface area contributed by atoms with Crippen LogP contribution in [0.2, 0.25) is 0 Å². The summed E-state index contributed by atoms with van der Waals surface area (Å²) < 4.78 is 5.72. The SMILES string of the molecule is C/C(=C\C=C\C(C)c1cccnn1)[C@H]1OC(=O)C[C@H](O)CC[C@@](C)(O)C/C=C/[C@@H]1C. The first-order valence-electron chi connectivity index (χ1n) is 10.6. The first-order chi connectivity index (χ1) is 14.2. The molecule has 1 aliphatic rings. The first-order valence-corrected chi connectivity index (χ1v) is 10.6. The van der Waals surface area contributed by atoms with Gasteiger partial charge in [0, 0.05) is 18.0 Å². The first kappa shape index (κ1) is 24.0. The van der Waals surface area contributed by atoms with Crippen molar-refractivity contribution in [3.05, 3.63) is 60.0 Å². The normalized spacial score (nSPS) is 31.5. The smallest absolute Gasteiger partial charge is 0.309 e. The second kappa shape index (κ2) is 11.2. The van der Waals surface area contributed by atoms with Crippen molar-refractivity contribution < 1.29 is 19.7 Å². The number of nitrogens with zero attached hydrogens (tertiary/aromatic N) is 2. The molecule has 6 heteroatoms. The lowest BCUT2D eigenvalue weighted by molar-refractivity contribution is -0.151. The van der Waals surface area contributed by atoms with Crippen LogP contribution in [0.3, 0.4) is 0 Å². The predicted molar refractivity (Wildman–Crippen MR) is 117 cm³/mol. The highest BCUT2D eigenvalue weighted by molar-refractivity contribution is 5.70. The molecular weight excluding hydrogens is 380 g/mol. The Morgan fingerprint density at radius 3 is 2.90 bits per heavy atom. The van der Waals surface area contributed by atoms with Crippen LogP contribution < -0.4 is 0 Å². The van der Waals surface area contributed by atoms with Crippen molar-refractivity contribution in [2.75, 3.05) is 0 Å². The Labute approximate surface area is 179 Å². The quantitative estimate of drug-likeness (QED) is 0.441. The summed E-state index contributed by atoms with van der Waals surface area (Å²) in [5.74, 6) is -0.391. The lowest BCUT2D eigenvalue weighted by Crippen LogP contribution is -2.30. The molecule has 1 aromatic rings. The summed E-state index contributed by atoms with van der Waals surface area (Å²) in [6.07, 6.45) is 11.4. The van der Waals surface area contributed by atoms with Crippen LogP contribution in [0, 0.1) is 5.92 Å². The minimum absolute atomic E-state index is 0.0663. The Morgan fingerprint density at radius 1 is 1.43 bits per heavy atom. The molecule has 0 saturated heterocycles. The molecule has 2 heterocycles. The van der Waals surface area contributed by atoms with E-state index in [0.717, 1.165) is 11.3 Å². The molecule has 2 rings (SSSR count). The van der Waals surface area contributed by atoms with E-state index in [4.69, 9.17) is 4.74 Å². The fourth-order valence-corrected chi connectivity index (χ4v) is 3.44. The standard InChI is InChI=1S/C24H34N2O4/c1-17(21-11-7-15-25-26-21)8-5-9-18(2)23-19(3)10-6-13-24(4,29)14-12-20(27)16-22(28)30-23/h5-11,15,17,19-20,23,27,29H,12-14,16H2,1-4H3/b8-5+,10-6+,18-9+/t17?,19-,20+,23+,24-/m0/s1. The lowest BCUT2D eigenvalue weighted by Gasteiger charge is -2.27. The molecule has 1 aromatic heterocycles. The van der Waals surface area contributed by atoms with E-state index in [1.54, 1.807) is 13.1 Å². The zero-order chi connectivity index (χ0) is 22.1. The van der Waals surface area contributed by atoms with E-state index in [9.17, 15) is 15.0 Å². The summed E-state index contributed by atoms with van der Waals surface area (Å²) in [6, 6.07) is 3.79. The third-order valence-electron chi connectivity index (χ3n) is 5.42. The molecule has 5 atom stereocenters. The second-order valence-electron chi connectivity index (χ2n) is 8.53. The van der Waals surface area contributed by atoms with Crippen LogP contribution >= 0.6 is 0 Å². The Balaban J connectivity index is 2.16. The van der Waals surface area contributed by atoms with Gasteiger partial charge >= 0.3 is 5.97 Å². The van der Waals surface area contributed by atoms with E-state index in [-0.39, 0.29) is 18.3 Å². The number of rotatable bonds is 4. The van der Waals surface area contributed by atoms with Crippen LogP contribution in [0.4, 0.5) is 0 Å². The van der Waals surface area contributed by atoms with Crippen molar-refractivity contribution in [2.24, 2.45) is 5.92 Å². The Bertz CT molecular complexity index is 771. The van der Waals surface area contributed by atoms with E-state index in [1.807, 2.05) is 63.3 Å². The number of allylic oxidation sites excluding steroid dienone is 3. The van der Waals surface area contributed by atoms with Gasteiger partial charge in [0.2, 0.25) is 0 Å². The summed E-state index contributed by atoms with van der Waals surface area (Å²) >= 11 is 0. The molecule has 1 aliphatic heterocycles. The maximum absolute atomic E-state index is 12.4. The van der Waals surface area contributed by atoms with E-state index >= 15 is 0 Å². The van der Waals surface area contributed by atoms with Crippen molar-refractivity contribution in [3.8, 4) is 0 Å². The highest BCUT2D eigenvalue weighted by atomic mass is 16.5. The Hall–Kier alpha value is -2.31. The van der Waals surface area contributed by atoms with Gasteiger partial charge in [-0.2, -0.15) is 10.2 Å². The monoisotopic (exact) mass is 414 g/mol. The van der Waals surface area contributed by atoms with Gasteiger partial charge in [-0.1, -0.05) is 44.2 Å². The topological polar surface area (TPSA) is 92.5 Å². The Morgan fingerprint density at radius 2 is 2.20 bits per heavy atom. The van der Waals surface area contributed by atoms with Crippen LogP contribution in [0.15, 0.2) is 54.3 Å². The largest absolute Gasteiger partial charge is 0.457 e. The number of aromatic nitrogens is 2. The van der Waals surface area contributed by atoms with Crippen LogP contribution in [0.5, 0.6) is 0 Å². The summed E-state index contributed by atoms with van der Waals surface area (Å²) in [4.78, 5) is 12.4. The van der Waals surface area contributed by atoms with Gasteiger partial charge in [-0.3, -0.25) is 4.79 Å². The fourth-order valence-electron chi connectivity index (χ4n) is 3.44. The summed E-state index contributed by atoms with van der Waals surface area (Å²) in [7, 11) is 0. The number of cyclic esters (lactones) is 1. The van der Waals surface area contributed by atoms with Gasteiger partial charge < -0.3 is 14.9 Å². The summed E-state index contributed by atoms with van der Waals surface area (Å²) in [6.45, 7) is 7.70. The van der Waals surface area contributed by atoms with E-state index < -0.39 is 23.8 Å². The molecule has 0 bridgehead atoms. The van der Waals surface area contributed by atoms with Gasteiger partial charge in [0.15, 0.2) is 0 Å². The van der Waals surface area contributed by atoms with Gasteiger partial charge in [0.05, 0.1) is 23.8 Å². The van der Waals surface area contributed by atoms with Gasteiger partial charge in [-0.25, -0.2) is 0 Å². The molecule has 0 aliphatic carbocycles. The summed E-state index contributed by atoms with van der Waals surface area (Å²) in [5, 5.41) is 28.6. The average Bonchev–Trinajstić information content (AvgIpc) is 2.70. The molecule has 164 valence electrons. The van der Waals surface area contributed by atoms with E-state index in [0.29, 0.717) is 19.3 Å². The van der Waals surface area contributed by atoms with E-state index in [1.165, 1.54) is 0 Å². The molecule has 2 N–H and O–H groups in total. The molecule has 0 fully saturated rings. The number of carbonyl (C=O) groups is 1. The number of hydrogen-bond donors (Lipinski definition) is 2. The lowest BCUT2D eigenvalue weighted by atomic mass is 9.91. The molecule has 0 aromatic carbocycles. The molecular formula is C24H34N2O4. The van der Waals surface area contributed by atoms with Gasteiger partial charge in [-0.05, 0) is 50.8 Å². The maximum Gasteiger partial charge on any atom is 0.309 e. The zero-order valence-corrected chi connectivity index (χ0v) is 18.4. The third kappa shape index (κ3) is 7.84. The van der Waals surface area contributed by atoms with Crippen molar-refractivity contribution >= 4 is 5.97 Å². The van der Waals surface area contributed by atoms with Crippen molar-refractivity contribution in [2.45, 2.75) is 77.1 Å². The number of ether oxygens (including phenoxy) is 1. The van der Waals surface area contributed by atoms with Gasteiger partial charge in [0.25, 0.3) is 0 Å². The molecule has 1 unspecified atom stereocenters. The maximum atomic E-state index is 12.4. The summed E-state index contributed by atoms with van der Waals surface area (Å²) in [5.41, 5.74) is 0.885. The average molecular weight is 415 g/mol. The number of aliphatic hydroxyl groups excluding tert-OH is 1. The minimum Gasteiger partial charge on any atom is -0.457 e. The van der Waals surface area contributed by atoms with Crippen molar-refractivity contribution in [1.82, 2.24) is 10.2 Å². The highest BCUT2D eigenvalue weighted by Crippen LogP contribution is 2.25. The van der Waals surface area contributed by atoms with Crippen molar-refractivity contribution in [1.29, 1.82) is 0 Å². The minimum atomic E-state index is -0.903. The molecule has 0 saturated carbocycles. The molecule has 0 spiro atoms. The molecule has 0 amide bonds. The number of aliphatic hydroxyl groups is 2. The zero-order valence-electron chi connectivity index (χ0n) is 18.4. The number of hydrogen-bond acceptors (Lipinski definition) is 6. The number of esters is 1. The predicted octanol–water partition coefficient (Wildman–Crippen LogP) is 3.87. The second-order valence-corrected chi connectivity index (χ2v) is 8.53. The van der Waals surface area contributed by atoms with Crippen LogP contribution in [0.25, 0.3) is 0 Å². The molecule has 0 radical (unpaired) electrons.